The molecular weight excluding hydrogens is 216 g/mol. The van der Waals surface area contributed by atoms with E-state index in [1.54, 1.807) is 0 Å². The van der Waals surface area contributed by atoms with Crippen molar-refractivity contribution in [2.24, 2.45) is 0 Å². The zero-order valence-corrected chi connectivity index (χ0v) is 9.03. The quantitative estimate of drug-likeness (QED) is 0.286. The Kier molecular flexibility index (Phi) is 5.32. The highest BCUT2D eigenvalue weighted by atomic mass is 32.2. The summed E-state index contributed by atoms with van der Waals surface area (Å²) in [5, 5.41) is 8.39. The van der Waals surface area contributed by atoms with Crippen LogP contribution >= 0.6 is 11.9 Å². The van der Waals surface area contributed by atoms with Crippen molar-refractivity contribution >= 4 is 24.0 Å². The van der Waals surface area contributed by atoms with Crippen molar-refractivity contribution in [3.05, 3.63) is 0 Å². The maximum atomic E-state index is 11.2. The van der Waals surface area contributed by atoms with Crippen LogP contribution in [0.25, 0.3) is 0 Å². The number of ether oxygens (including phenoxy) is 1. The maximum absolute atomic E-state index is 11.2. The summed E-state index contributed by atoms with van der Waals surface area (Å²) in [6.45, 7) is 1.43. The smallest absolute Gasteiger partial charge is 0.215 e. The first-order valence-electron chi connectivity index (χ1n) is 4.63. The number of aldehydes is 1. The third-order valence-electron chi connectivity index (χ3n) is 1.99. The van der Waals surface area contributed by atoms with Crippen LogP contribution < -0.4 is 0 Å². The van der Waals surface area contributed by atoms with Gasteiger partial charge in [-0.25, -0.2) is 4.31 Å². The minimum atomic E-state index is -0.486. The number of ketones is 1. The van der Waals surface area contributed by atoms with E-state index in [1.807, 2.05) is 10.4 Å². The number of hydrogen-bond acceptors (Lipinski definition) is 6. The Labute approximate surface area is 92.5 Å². The predicted octanol–water partition coefficient (Wildman–Crippen LogP) is 0.0171. The molecule has 0 aromatic carbocycles. The van der Waals surface area contributed by atoms with Gasteiger partial charge < -0.3 is 4.74 Å². The molecule has 0 aromatic heterocycles. The molecule has 0 amide bonds. The Bertz CT molecular complexity index is 277. The third-order valence-corrected chi connectivity index (χ3v) is 3.15. The number of hydrogen-bond donors (Lipinski definition) is 0. The number of carbonyl (C=O) groups is 2. The van der Waals surface area contributed by atoms with Crippen molar-refractivity contribution in [1.82, 2.24) is 4.31 Å². The van der Waals surface area contributed by atoms with Gasteiger partial charge in [0, 0.05) is 18.7 Å². The number of rotatable bonds is 5. The van der Waals surface area contributed by atoms with Crippen molar-refractivity contribution in [2.45, 2.75) is 12.5 Å². The van der Waals surface area contributed by atoms with Crippen molar-refractivity contribution in [2.75, 3.05) is 25.5 Å². The molecule has 1 saturated heterocycles. The van der Waals surface area contributed by atoms with E-state index in [0.717, 1.165) is 0 Å². The van der Waals surface area contributed by atoms with Gasteiger partial charge in [-0.2, -0.15) is 5.26 Å². The molecule has 0 saturated carbocycles. The van der Waals surface area contributed by atoms with Crippen LogP contribution in [0.4, 0.5) is 0 Å². The first-order chi connectivity index (χ1) is 7.29. The Morgan fingerprint density at radius 2 is 2.53 bits per heavy atom. The molecule has 1 atom stereocenters. The highest BCUT2D eigenvalue weighted by Crippen LogP contribution is 2.18. The monoisotopic (exact) mass is 228 g/mol. The van der Waals surface area contributed by atoms with E-state index in [-0.39, 0.29) is 6.61 Å². The number of nitriles is 1. The topological polar surface area (TPSA) is 70.4 Å². The molecule has 5 nitrogen and oxygen atoms in total. The predicted molar refractivity (Wildman–Crippen MR) is 55.1 cm³/mol. The first-order valence-corrected chi connectivity index (χ1v) is 5.57. The molecule has 1 rings (SSSR count). The summed E-state index contributed by atoms with van der Waals surface area (Å²) in [6.07, 6.45) is 0.765. The summed E-state index contributed by atoms with van der Waals surface area (Å²) >= 11 is 1.42. The van der Waals surface area contributed by atoms with Crippen LogP contribution in [-0.4, -0.2) is 47.9 Å². The lowest BCUT2D eigenvalue weighted by atomic mass is 10.2. The zero-order valence-electron chi connectivity index (χ0n) is 8.22. The van der Waals surface area contributed by atoms with E-state index in [9.17, 15) is 9.59 Å². The summed E-state index contributed by atoms with van der Waals surface area (Å²) < 4.78 is 6.97. The average Bonchev–Trinajstić information content (AvgIpc) is 2.29. The summed E-state index contributed by atoms with van der Waals surface area (Å²) in [6, 6.07) is 1.55. The van der Waals surface area contributed by atoms with Gasteiger partial charge in [0.05, 0.1) is 19.3 Å². The minimum absolute atomic E-state index is 0.261. The van der Waals surface area contributed by atoms with Gasteiger partial charge in [0.15, 0.2) is 6.29 Å². The summed E-state index contributed by atoms with van der Waals surface area (Å²) in [5.41, 5.74) is 0. The number of morpholine rings is 1. The van der Waals surface area contributed by atoms with Gasteiger partial charge in [-0.05, 0) is 0 Å². The molecule has 0 radical (unpaired) electrons. The van der Waals surface area contributed by atoms with Crippen molar-refractivity contribution in [1.29, 1.82) is 5.26 Å². The normalized spacial score (nSPS) is 21.9. The Hall–Kier alpha value is -0.900. The second kappa shape index (κ2) is 6.56. The van der Waals surface area contributed by atoms with E-state index in [1.165, 1.54) is 11.9 Å². The summed E-state index contributed by atoms with van der Waals surface area (Å²) in [7, 11) is 0. The molecule has 6 heteroatoms. The molecule has 0 spiro atoms. The lowest BCUT2D eigenvalue weighted by Gasteiger charge is -2.31. The number of nitrogens with zero attached hydrogens (tertiary/aromatic N) is 2. The number of carbonyl (C=O) groups excluding carboxylic acids is 2. The van der Waals surface area contributed by atoms with Crippen LogP contribution in [0.1, 0.15) is 6.42 Å². The standard InChI is InChI=1S/C9H12N2O3S/c10-2-1-5-15-11-3-4-14-7-8(11)9(13)6-12/h6,8H,1,3-5,7H2. The SMILES string of the molecule is N#CCCSN1CCOCC1C(=O)C=O. The molecule has 0 bridgehead atoms. The first kappa shape index (κ1) is 12.2. The Balaban J connectivity index is 2.46. The Morgan fingerprint density at radius 3 is 3.20 bits per heavy atom. The van der Waals surface area contributed by atoms with Gasteiger partial charge in [-0.3, -0.25) is 9.59 Å². The molecule has 0 N–H and O–H groups in total. The van der Waals surface area contributed by atoms with E-state index in [2.05, 4.69) is 0 Å². The fourth-order valence-electron chi connectivity index (χ4n) is 1.25. The van der Waals surface area contributed by atoms with Gasteiger partial charge in [-0.1, -0.05) is 11.9 Å². The lowest BCUT2D eigenvalue weighted by molar-refractivity contribution is -0.135. The van der Waals surface area contributed by atoms with Crippen LogP contribution in [0.5, 0.6) is 0 Å². The number of Topliss-reactive ketones (excluding diaryl/α,β-unsaturated/α-hetero) is 1. The van der Waals surface area contributed by atoms with Crippen molar-refractivity contribution < 1.29 is 14.3 Å². The molecule has 1 aliphatic rings. The second-order valence-corrected chi connectivity index (χ2v) is 4.13. The van der Waals surface area contributed by atoms with Crippen LogP contribution in [0.2, 0.25) is 0 Å². The van der Waals surface area contributed by atoms with Crippen molar-refractivity contribution in [3.8, 4) is 6.07 Å². The third kappa shape index (κ3) is 3.63. The van der Waals surface area contributed by atoms with E-state index < -0.39 is 11.8 Å². The molecule has 82 valence electrons. The van der Waals surface area contributed by atoms with Crippen LogP contribution in [-0.2, 0) is 14.3 Å². The van der Waals surface area contributed by atoms with Gasteiger partial charge >= 0.3 is 0 Å². The molecule has 1 heterocycles. The molecule has 0 aromatic rings. The van der Waals surface area contributed by atoms with E-state index in [0.29, 0.717) is 31.6 Å². The van der Waals surface area contributed by atoms with E-state index in [4.69, 9.17) is 10.00 Å². The molecular formula is C9H12N2O3S. The molecule has 1 fully saturated rings. The van der Waals surface area contributed by atoms with Crippen LogP contribution in [0.3, 0.4) is 0 Å². The highest BCUT2D eigenvalue weighted by molar-refractivity contribution is 7.97. The lowest BCUT2D eigenvalue weighted by Crippen LogP contribution is -2.46. The highest BCUT2D eigenvalue weighted by Gasteiger charge is 2.29. The van der Waals surface area contributed by atoms with Crippen molar-refractivity contribution in [3.63, 3.8) is 0 Å². The fraction of sp³-hybridized carbons (Fsp3) is 0.667. The second-order valence-electron chi connectivity index (χ2n) is 2.99. The van der Waals surface area contributed by atoms with Gasteiger partial charge in [0.2, 0.25) is 5.78 Å². The minimum Gasteiger partial charge on any atom is -0.378 e. The van der Waals surface area contributed by atoms with Crippen LogP contribution in [0.15, 0.2) is 0 Å². The largest absolute Gasteiger partial charge is 0.378 e. The summed E-state index contributed by atoms with van der Waals surface area (Å²) in [4.78, 5) is 21.6. The van der Waals surface area contributed by atoms with E-state index >= 15 is 0 Å². The molecule has 15 heavy (non-hydrogen) atoms. The maximum Gasteiger partial charge on any atom is 0.215 e. The summed E-state index contributed by atoms with van der Waals surface area (Å²) in [5.74, 6) is 0.179. The Morgan fingerprint density at radius 1 is 1.73 bits per heavy atom. The molecule has 0 aliphatic carbocycles. The van der Waals surface area contributed by atoms with Gasteiger partial charge in [-0.15, -0.1) is 0 Å². The molecule has 1 unspecified atom stereocenters. The van der Waals surface area contributed by atoms with Crippen LogP contribution in [0, 0.1) is 11.3 Å². The zero-order chi connectivity index (χ0) is 11.1. The van der Waals surface area contributed by atoms with Gasteiger partial charge in [0.1, 0.15) is 6.04 Å². The average molecular weight is 228 g/mol. The van der Waals surface area contributed by atoms with Gasteiger partial charge in [0.25, 0.3) is 0 Å². The fourth-order valence-corrected chi connectivity index (χ4v) is 2.22. The molecule has 1 aliphatic heterocycles.